The number of anilines is 1. The average molecular weight is 479 g/mol. The standard InChI is InChI=1S/C16H14BrCl2N3O3S/c1-26(24,25)22(13-5-6-14(18)15(19)8-13)10-16(23)21-20-9-11-3-2-4-12(17)7-11/h2-9H,10H2,1H3,(H,21,23)/b20-9-. The highest BCUT2D eigenvalue weighted by molar-refractivity contribution is 9.10. The van der Waals surface area contributed by atoms with E-state index in [1.165, 1.54) is 24.4 Å². The minimum atomic E-state index is -3.71. The number of hydrazone groups is 1. The highest BCUT2D eigenvalue weighted by Crippen LogP contribution is 2.28. The fourth-order valence-corrected chi connectivity index (χ4v) is 3.53. The second-order valence-electron chi connectivity index (χ2n) is 5.22. The molecule has 2 aromatic rings. The van der Waals surface area contributed by atoms with Gasteiger partial charge in [-0.05, 0) is 35.9 Å². The van der Waals surface area contributed by atoms with Crippen LogP contribution in [-0.2, 0) is 14.8 Å². The Labute approximate surface area is 170 Å². The Morgan fingerprint density at radius 1 is 1.23 bits per heavy atom. The molecule has 0 aliphatic carbocycles. The summed E-state index contributed by atoms with van der Waals surface area (Å²) in [6.07, 6.45) is 2.44. The van der Waals surface area contributed by atoms with Gasteiger partial charge in [0.1, 0.15) is 6.54 Å². The molecule has 0 radical (unpaired) electrons. The lowest BCUT2D eigenvalue weighted by Gasteiger charge is -2.21. The molecule has 0 saturated carbocycles. The van der Waals surface area contributed by atoms with Gasteiger partial charge in [0, 0.05) is 4.47 Å². The number of carbonyl (C=O) groups excluding carboxylic acids is 1. The SMILES string of the molecule is CS(=O)(=O)N(CC(=O)N/N=C\c1cccc(Br)c1)c1ccc(Cl)c(Cl)c1. The monoisotopic (exact) mass is 477 g/mol. The van der Waals surface area contributed by atoms with Crippen LogP contribution in [0.4, 0.5) is 5.69 Å². The van der Waals surface area contributed by atoms with Gasteiger partial charge in [0.2, 0.25) is 10.0 Å². The molecule has 0 aliphatic rings. The van der Waals surface area contributed by atoms with E-state index in [1.807, 2.05) is 18.2 Å². The summed E-state index contributed by atoms with van der Waals surface area (Å²) in [7, 11) is -3.71. The van der Waals surface area contributed by atoms with Crippen LogP contribution in [0.25, 0.3) is 0 Å². The van der Waals surface area contributed by atoms with Gasteiger partial charge in [0.15, 0.2) is 0 Å². The molecule has 26 heavy (non-hydrogen) atoms. The molecule has 0 aromatic heterocycles. The van der Waals surface area contributed by atoms with Gasteiger partial charge in [-0.2, -0.15) is 5.10 Å². The summed E-state index contributed by atoms with van der Waals surface area (Å²) in [5.74, 6) is -0.604. The van der Waals surface area contributed by atoms with Gasteiger partial charge in [-0.15, -0.1) is 0 Å². The molecule has 0 saturated heterocycles. The summed E-state index contributed by atoms with van der Waals surface area (Å²) >= 11 is 15.1. The number of sulfonamides is 1. The van der Waals surface area contributed by atoms with Crippen LogP contribution in [0.3, 0.4) is 0 Å². The minimum Gasteiger partial charge on any atom is -0.271 e. The summed E-state index contributed by atoms with van der Waals surface area (Å²) in [5, 5.41) is 4.30. The maximum atomic E-state index is 12.1. The lowest BCUT2D eigenvalue weighted by Crippen LogP contribution is -2.39. The lowest BCUT2D eigenvalue weighted by atomic mass is 10.2. The van der Waals surface area contributed by atoms with E-state index in [2.05, 4.69) is 26.5 Å². The van der Waals surface area contributed by atoms with Crippen LogP contribution in [-0.4, -0.2) is 33.3 Å². The molecule has 0 fully saturated rings. The Morgan fingerprint density at radius 3 is 2.58 bits per heavy atom. The van der Waals surface area contributed by atoms with Crippen molar-refractivity contribution in [2.75, 3.05) is 17.1 Å². The second-order valence-corrected chi connectivity index (χ2v) is 8.85. The Morgan fingerprint density at radius 2 is 1.96 bits per heavy atom. The average Bonchev–Trinajstić information content (AvgIpc) is 2.54. The molecule has 0 aliphatic heterocycles. The normalized spacial score (nSPS) is 11.5. The molecule has 0 spiro atoms. The number of hydrogen-bond acceptors (Lipinski definition) is 4. The Kier molecular flexibility index (Phi) is 7.05. The van der Waals surface area contributed by atoms with Crippen LogP contribution < -0.4 is 9.73 Å². The minimum absolute atomic E-state index is 0.186. The van der Waals surface area contributed by atoms with E-state index in [9.17, 15) is 13.2 Å². The van der Waals surface area contributed by atoms with E-state index in [0.717, 1.165) is 20.6 Å². The van der Waals surface area contributed by atoms with Crippen molar-refractivity contribution >= 4 is 67.0 Å². The van der Waals surface area contributed by atoms with Crippen molar-refractivity contribution in [1.82, 2.24) is 5.43 Å². The summed E-state index contributed by atoms with van der Waals surface area (Å²) in [6.45, 7) is -0.452. The summed E-state index contributed by atoms with van der Waals surface area (Å²) in [6, 6.07) is 11.6. The molecule has 0 heterocycles. The first-order valence-electron chi connectivity index (χ1n) is 7.17. The third kappa shape index (κ3) is 5.98. The molecule has 138 valence electrons. The van der Waals surface area contributed by atoms with Crippen LogP contribution in [0.2, 0.25) is 10.0 Å². The zero-order valence-electron chi connectivity index (χ0n) is 13.5. The van der Waals surface area contributed by atoms with Crippen LogP contribution in [0, 0.1) is 0 Å². The largest absolute Gasteiger partial charge is 0.271 e. The van der Waals surface area contributed by atoms with Gasteiger partial charge in [0.05, 0.1) is 28.2 Å². The quantitative estimate of drug-likeness (QED) is 0.508. The third-order valence-corrected chi connectivity index (χ3v) is 5.50. The van der Waals surface area contributed by atoms with Gasteiger partial charge in [-0.3, -0.25) is 9.10 Å². The van der Waals surface area contributed by atoms with E-state index in [4.69, 9.17) is 23.2 Å². The highest BCUT2D eigenvalue weighted by Gasteiger charge is 2.21. The number of amides is 1. The number of halogens is 3. The Balaban J connectivity index is 2.11. The summed E-state index contributed by atoms with van der Waals surface area (Å²) < 4.78 is 25.8. The molecular formula is C16H14BrCl2N3O3S. The number of nitrogens with zero attached hydrogens (tertiary/aromatic N) is 2. The highest BCUT2D eigenvalue weighted by atomic mass is 79.9. The zero-order valence-corrected chi connectivity index (χ0v) is 17.4. The van der Waals surface area contributed by atoms with Crippen LogP contribution in [0.1, 0.15) is 5.56 Å². The molecule has 2 aromatic carbocycles. The van der Waals surface area contributed by atoms with Gasteiger partial charge in [0.25, 0.3) is 5.91 Å². The number of benzene rings is 2. The first-order valence-corrected chi connectivity index (χ1v) is 10.6. The lowest BCUT2D eigenvalue weighted by molar-refractivity contribution is -0.119. The molecule has 6 nitrogen and oxygen atoms in total. The van der Waals surface area contributed by atoms with Crippen molar-refractivity contribution in [2.24, 2.45) is 5.10 Å². The van der Waals surface area contributed by atoms with Crippen molar-refractivity contribution in [3.63, 3.8) is 0 Å². The van der Waals surface area contributed by atoms with Gasteiger partial charge in [-0.1, -0.05) is 51.3 Å². The topological polar surface area (TPSA) is 78.8 Å². The molecule has 0 bridgehead atoms. The van der Waals surface area contributed by atoms with Crippen molar-refractivity contribution in [3.8, 4) is 0 Å². The molecule has 1 N–H and O–H groups in total. The predicted octanol–water partition coefficient (Wildman–Crippen LogP) is 3.67. The zero-order chi connectivity index (χ0) is 19.3. The van der Waals surface area contributed by atoms with E-state index in [0.29, 0.717) is 0 Å². The van der Waals surface area contributed by atoms with Crippen molar-refractivity contribution in [3.05, 3.63) is 62.5 Å². The number of rotatable bonds is 6. The van der Waals surface area contributed by atoms with Crippen molar-refractivity contribution < 1.29 is 13.2 Å². The van der Waals surface area contributed by atoms with Crippen LogP contribution in [0.15, 0.2) is 52.0 Å². The van der Waals surface area contributed by atoms with E-state index < -0.39 is 22.5 Å². The molecule has 2 rings (SSSR count). The molecule has 0 unspecified atom stereocenters. The fraction of sp³-hybridized carbons (Fsp3) is 0.125. The van der Waals surface area contributed by atoms with Crippen molar-refractivity contribution in [2.45, 2.75) is 0 Å². The molecule has 10 heteroatoms. The third-order valence-electron chi connectivity index (χ3n) is 3.13. The summed E-state index contributed by atoms with van der Waals surface area (Å²) in [4.78, 5) is 12.1. The number of hydrogen-bond donors (Lipinski definition) is 1. The van der Waals surface area contributed by atoms with E-state index in [1.54, 1.807) is 6.07 Å². The maximum absolute atomic E-state index is 12.1. The molecular weight excluding hydrogens is 465 g/mol. The van der Waals surface area contributed by atoms with Crippen LogP contribution in [0.5, 0.6) is 0 Å². The van der Waals surface area contributed by atoms with E-state index >= 15 is 0 Å². The fourth-order valence-electron chi connectivity index (χ4n) is 1.97. The Hall–Kier alpha value is -1.61. The number of carbonyl (C=O) groups is 1. The van der Waals surface area contributed by atoms with Gasteiger partial charge in [-0.25, -0.2) is 13.8 Å². The molecule has 1 amide bonds. The predicted molar refractivity (Wildman–Crippen MR) is 109 cm³/mol. The summed E-state index contributed by atoms with van der Waals surface area (Å²) in [5.41, 5.74) is 3.30. The maximum Gasteiger partial charge on any atom is 0.260 e. The van der Waals surface area contributed by atoms with Crippen LogP contribution >= 0.6 is 39.1 Å². The van der Waals surface area contributed by atoms with E-state index in [-0.39, 0.29) is 15.7 Å². The number of nitrogens with one attached hydrogen (secondary N) is 1. The first kappa shape index (κ1) is 20.7. The van der Waals surface area contributed by atoms with Gasteiger partial charge >= 0.3 is 0 Å². The second kappa shape index (κ2) is 8.85. The molecule has 0 atom stereocenters. The van der Waals surface area contributed by atoms with Crippen molar-refractivity contribution in [1.29, 1.82) is 0 Å². The smallest absolute Gasteiger partial charge is 0.260 e. The Bertz CT molecular complexity index is 952. The van der Waals surface area contributed by atoms with Gasteiger partial charge < -0.3 is 0 Å². The first-order chi connectivity index (χ1) is 12.2.